The molecule has 0 amide bonds. The summed E-state index contributed by atoms with van der Waals surface area (Å²) < 4.78 is 8.24. The van der Waals surface area contributed by atoms with Crippen LogP contribution in [0.4, 0.5) is 0 Å². The van der Waals surface area contributed by atoms with Crippen molar-refractivity contribution in [3.63, 3.8) is 0 Å². The Hall–Kier alpha value is -2.38. The van der Waals surface area contributed by atoms with Crippen molar-refractivity contribution in [3.05, 3.63) is 101 Å². The van der Waals surface area contributed by atoms with E-state index in [-0.39, 0.29) is 18.1 Å². The number of benzene rings is 3. The molecule has 0 spiro atoms. The Kier molecular flexibility index (Phi) is 8.20. The summed E-state index contributed by atoms with van der Waals surface area (Å²) in [6.45, 7) is 0.253. The van der Waals surface area contributed by atoms with Crippen molar-refractivity contribution in [2.45, 2.75) is 44.6 Å². The first-order valence-corrected chi connectivity index (χ1v) is 13.9. The number of fused-ring (bicyclic) bond motifs is 1. The van der Waals surface area contributed by atoms with E-state index in [9.17, 15) is 4.79 Å². The van der Waals surface area contributed by atoms with Gasteiger partial charge in [-0.1, -0.05) is 72.3 Å². The van der Waals surface area contributed by atoms with Crippen molar-refractivity contribution in [1.29, 1.82) is 0 Å². The number of aromatic nitrogens is 2. The standard InChI is InChI=1S/C28H23BrCl3N3O2/c29-22-14-20(30)13-19(26(22)37-16-17-10-11-23(31)24(32)12-17)15-33-35-27(18-6-2-1-3-7-18)34-25-9-5-4-8-21(25)28(35)36/h4-5,8-15,18H,1-3,6-7,16H2. The molecule has 4 aromatic rings. The van der Waals surface area contributed by atoms with Crippen LogP contribution < -0.4 is 10.3 Å². The molecule has 9 heteroatoms. The molecule has 37 heavy (non-hydrogen) atoms. The van der Waals surface area contributed by atoms with Crippen LogP contribution in [0.1, 0.15) is 55.0 Å². The lowest BCUT2D eigenvalue weighted by molar-refractivity contribution is 0.304. The first-order valence-electron chi connectivity index (χ1n) is 12.0. The van der Waals surface area contributed by atoms with E-state index >= 15 is 0 Å². The summed E-state index contributed by atoms with van der Waals surface area (Å²) in [5.74, 6) is 1.42. The van der Waals surface area contributed by atoms with Crippen LogP contribution in [0.25, 0.3) is 10.9 Å². The molecule has 0 N–H and O–H groups in total. The molecule has 1 aliphatic carbocycles. The van der Waals surface area contributed by atoms with E-state index in [1.54, 1.807) is 36.5 Å². The molecule has 1 heterocycles. The summed E-state index contributed by atoms with van der Waals surface area (Å²) in [6.07, 6.45) is 7.01. The molecule has 3 aromatic carbocycles. The van der Waals surface area contributed by atoms with Gasteiger partial charge in [0.1, 0.15) is 18.2 Å². The van der Waals surface area contributed by atoms with Crippen LogP contribution >= 0.6 is 50.7 Å². The van der Waals surface area contributed by atoms with Crippen LogP contribution in [-0.4, -0.2) is 15.9 Å². The highest BCUT2D eigenvalue weighted by atomic mass is 79.9. The Labute approximate surface area is 238 Å². The highest BCUT2D eigenvalue weighted by molar-refractivity contribution is 9.10. The highest BCUT2D eigenvalue weighted by Crippen LogP contribution is 2.34. The van der Waals surface area contributed by atoms with Crippen LogP contribution in [0.2, 0.25) is 15.1 Å². The summed E-state index contributed by atoms with van der Waals surface area (Å²) in [4.78, 5) is 18.4. The Morgan fingerprint density at radius 1 is 1.03 bits per heavy atom. The monoisotopic (exact) mass is 617 g/mol. The number of rotatable bonds is 6. The first-order chi connectivity index (χ1) is 17.9. The van der Waals surface area contributed by atoms with Crippen molar-refractivity contribution in [1.82, 2.24) is 9.66 Å². The minimum atomic E-state index is -0.193. The fourth-order valence-corrected chi connectivity index (χ4v) is 5.88. The maximum atomic E-state index is 13.5. The lowest BCUT2D eigenvalue weighted by Gasteiger charge is -2.22. The van der Waals surface area contributed by atoms with Crippen molar-refractivity contribution < 1.29 is 4.74 Å². The third kappa shape index (κ3) is 5.88. The van der Waals surface area contributed by atoms with Gasteiger partial charge in [0.2, 0.25) is 0 Å². The third-order valence-electron chi connectivity index (χ3n) is 6.47. The molecule has 5 nitrogen and oxygen atoms in total. The van der Waals surface area contributed by atoms with Crippen molar-refractivity contribution in [2.24, 2.45) is 5.10 Å². The SMILES string of the molecule is O=c1c2ccccc2nc(C2CCCCC2)n1N=Cc1cc(Cl)cc(Br)c1OCc1ccc(Cl)c(Cl)c1. The maximum Gasteiger partial charge on any atom is 0.282 e. The van der Waals surface area contributed by atoms with Crippen LogP contribution in [0.5, 0.6) is 5.75 Å². The number of para-hydroxylation sites is 1. The predicted octanol–water partition coefficient (Wildman–Crippen LogP) is 8.63. The van der Waals surface area contributed by atoms with Crippen molar-refractivity contribution in [3.8, 4) is 5.75 Å². The molecule has 0 saturated heterocycles. The summed E-state index contributed by atoms with van der Waals surface area (Å²) in [7, 11) is 0. The summed E-state index contributed by atoms with van der Waals surface area (Å²) in [5.41, 5.74) is 1.97. The van der Waals surface area contributed by atoms with Gasteiger partial charge in [0.25, 0.3) is 5.56 Å². The number of halogens is 4. The molecule has 0 unspecified atom stereocenters. The summed E-state index contributed by atoms with van der Waals surface area (Å²) >= 11 is 22.1. The molecule has 190 valence electrons. The normalized spacial score (nSPS) is 14.5. The summed E-state index contributed by atoms with van der Waals surface area (Å²) in [6, 6.07) is 16.2. The molecular formula is C28H23BrCl3N3O2. The second-order valence-electron chi connectivity index (χ2n) is 9.03. The van der Waals surface area contributed by atoms with Gasteiger partial charge in [-0.25, -0.2) is 4.98 Å². The van der Waals surface area contributed by atoms with Crippen LogP contribution in [0.15, 0.2) is 69.0 Å². The number of nitrogens with zero attached hydrogens (tertiary/aromatic N) is 3. The molecular weight excluding hydrogens is 597 g/mol. The van der Waals surface area contributed by atoms with Crippen molar-refractivity contribution >= 4 is 67.9 Å². The van der Waals surface area contributed by atoms with Crippen molar-refractivity contribution in [2.75, 3.05) is 0 Å². The van der Waals surface area contributed by atoms with E-state index in [4.69, 9.17) is 44.5 Å². The van der Waals surface area contributed by atoms with Gasteiger partial charge < -0.3 is 4.74 Å². The van der Waals surface area contributed by atoms with E-state index in [1.165, 1.54) is 11.1 Å². The Bertz CT molecular complexity index is 1550. The molecule has 1 aliphatic rings. The van der Waals surface area contributed by atoms with E-state index in [0.29, 0.717) is 47.6 Å². The Balaban J connectivity index is 1.54. The number of hydrogen-bond donors (Lipinski definition) is 0. The third-order valence-corrected chi connectivity index (χ3v) is 8.01. The smallest absolute Gasteiger partial charge is 0.282 e. The van der Waals surface area contributed by atoms with Crippen LogP contribution in [0, 0.1) is 0 Å². The first kappa shape index (κ1) is 26.2. The fourth-order valence-electron chi connectivity index (χ4n) is 4.61. The predicted molar refractivity (Wildman–Crippen MR) is 155 cm³/mol. The minimum Gasteiger partial charge on any atom is -0.487 e. The second-order valence-corrected chi connectivity index (χ2v) is 11.1. The largest absolute Gasteiger partial charge is 0.487 e. The molecule has 0 radical (unpaired) electrons. The molecule has 0 atom stereocenters. The lowest BCUT2D eigenvalue weighted by Crippen LogP contribution is -2.25. The van der Waals surface area contributed by atoms with Crippen LogP contribution in [0.3, 0.4) is 0 Å². The van der Waals surface area contributed by atoms with E-state index in [2.05, 4.69) is 21.0 Å². The van der Waals surface area contributed by atoms with Gasteiger partial charge in [0.15, 0.2) is 0 Å². The average Bonchev–Trinajstić information content (AvgIpc) is 2.90. The zero-order chi connectivity index (χ0) is 25.9. The fraction of sp³-hybridized carbons (Fsp3) is 0.250. The zero-order valence-electron chi connectivity index (χ0n) is 19.8. The Morgan fingerprint density at radius 2 is 1.81 bits per heavy atom. The summed E-state index contributed by atoms with van der Waals surface area (Å²) in [5, 5.41) is 6.62. The zero-order valence-corrected chi connectivity index (χ0v) is 23.6. The number of hydrogen-bond acceptors (Lipinski definition) is 4. The van der Waals surface area contributed by atoms with Gasteiger partial charge in [0.05, 0.1) is 31.6 Å². The van der Waals surface area contributed by atoms with Gasteiger partial charge in [-0.15, -0.1) is 0 Å². The highest BCUT2D eigenvalue weighted by Gasteiger charge is 2.22. The number of ether oxygens (including phenoxy) is 1. The molecule has 1 aromatic heterocycles. The Morgan fingerprint density at radius 3 is 2.59 bits per heavy atom. The quantitative estimate of drug-likeness (QED) is 0.203. The minimum absolute atomic E-state index is 0.180. The molecule has 0 bridgehead atoms. The maximum absolute atomic E-state index is 13.5. The molecule has 1 fully saturated rings. The van der Waals surface area contributed by atoms with E-state index in [1.807, 2.05) is 24.3 Å². The van der Waals surface area contributed by atoms with E-state index in [0.717, 1.165) is 31.2 Å². The topological polar surface area (TPSA) is 56.5 Å². The lowest BCUT2D eigenvalue weighted by atomic mass is 9.88. The average molecular weight is 620 g/mol. The van der Waals surface area contributed by atoms with Gasteiger partial charge in [-0.2, -0.15) is 9.78 Å². The molecule has 5 rings (SSSR count). The van der Waals surface area contributed by atoms with Gasteiger partial charge in [-0.05, 0) is 70.7 Å². The van der Waals surface area contributed by atoms with Gasteiger partial charge in [-0.3, -0.25) is 4.79 Å². The van der Waals surface area contributed by atoms with Gasteiger partial charge in [0, 0.05) is 16.5 Å². The second kappa shape index (κ2) is 11.6. The van der Waals surface area contributed by atoms with Crippen LogP contribution in [-0.2, 0) is 6.61 Å². The van der Waals surface area contributed by atoms with Gasteiger partial charge >= 0.3 is 0 Å². The van der Waals surface area contributed by atoms with E-state index < -0.39 is 0 Å². The molecule has 0 aliphatic heterocycles. The molecule has 1 saturated carbocycles.